The molecule has 0 bridgehead atoms. The number of nitrogens with one attached hydrogen (secondary N) is 1. The molecular weight excluding hydrogens is 424 g/mol. The van der Waals surface area contributed by atoms with E-state index in [2.05, 4.69) is 9.47 Å². The minimum absolute atomic E-state index is 0.459. The first kappa shape index (κ1) is 22.7. The van der Waals surface area contributed by atoms with Gasteiger partial charge in [-0.25, -0.2) is 35.9 Å². The third-order valence-electron chi connectivity index (χ3n) is 3.71. The third-order valence-corrected chi connectivity index (χ3v) is 3.71. The topological polar surface area (TPSA) is 81.7 Å². The Morgan fingerprint density at radius 1 is 0.833 bits per heavy atom. The highest BCUT2D eigenvalue weighted by Gasteiger charge is 2.28. The van der Waals surface area contributed by atoms with Gasteiger partial charge >= 0.3 is 11.9 Å². The minimum Gasteiger partial charge on any atom is -0.467 e. The number of benzene rings is 2. The Morgan fingerprint density at radius 2 is 1.33 bits per heavy atom. The fraction of sp³-hybridized carbons (Fsp3) is 0.167. The van der Waals surface area contributed by atoms with Gasteiger partial charge in [0.1, 0.15) is 6.61 Å². The van der Waals surface area contributed by atoms with Gasteiger partial charge in [-0.1, -0.05) is 0 Å². The molecule has 6 nitrogen and oxygen atoms in total. The average Bonchev–Trinajstić information content (AvgIpc) is 2.72. The van der Waals surface area contributed by atoms with Crippen molar-refractivity contribution in [3.63, 3.8) is 0 Å². The lowest BCUT2D eigenvalue weighted by molar-refractivity contribution is -0.143. The maximum absolute atomic E-state index is 13.7. The van der Waals surface area contributed by atoms with Crippen LogP contribution in [0.2, 0.25) is 0 Å². The molecule has 1 unspecified atom stereocenters. The SMILES string of the molecule is COC(=O)C(COC(=O)c1ccc(F)c(F)c1F)NC(=O)c1ccc(F)c(F)c1F. The van der Waals surface area contributed by atoms with Crippen molar-refractivity contribution in [2.24, 2.45) is 0 Å². The summed E-state index contributed by atoms with van der Waals surface area (Å²) < 4.78 is 88.7. The first-order valence-corrected chi connectivity index (χ1v) is 7.91. The highest BCUT2D eigenvalue weighted by Crippen LogP contribution is 2.17. The van der Waals surface area contributed by atoms with E-state index in [1.54, 1.807) is 0 Å². The number of ether oxygens (including phenoxy) is 2. The van der Waals surface area contributed by atoms with Crippen LogP contribution in [0.3, 0.4) is 0 Å². The van der Waals surface area contributed by atoms with Gasteiger partial charge < -0.3 is 14.8 Å². The summed E-state index contributed by atoms with van der Waals surface area (Å²) >= 11 is 0. The van der Waals surface area contributed by atoms with Crippen molar-refractivity contribution < 1.29 is 50.2 Å². The molecule has 160 valence electrons. The van der Waals surface area contributed by atoms with Crippen LogP contribution in [0, 0.1) is 34.9 Å². The Balaban J connectivity index is 2.16. The Bertz CT molecular complexity index is 1010. The van der Waals surface area contributed by atoms with Gasteiger partial charge in [0.15, 0.2) is 40.9 Å². The van der Waals surface area contributed by atoms with E-state index in [9.17, 15) is 40.7 Å². The predicted molar refractivity (Wildman–Crippen MR) is 86.2 cm³/mol. The van der Waals surface area contributed by atoms with Gasteiger partial charge in [0.05, 0.1) is 18.2 Å². The first-order chi connectivity index (χ1) is 14.1. The number of carbonyl (C=O) groups excluding carboxylic acids is 3. The lowest BCUT2D eigenvalue weighted by Crippen LogP contribution is -2.45. The molecular formula is C18H11F6NO5. The number of halogens is 6. The van der Waals surface area contributed by atoms with E-state index in [0.717, 1.165) is 7.11 Å². The van der Waals surface area contributed by atoms with Gasteiger partial charge in [-0.2, -0.15) is 0 Å². The molecule has 0 saturated carbocycles. The van der Waals surface area contributed by atoms with Crippen LogP contribution in [-0.2, 0) is 14.3 Å². The zero-order valence-electron chi connectivity index (χ0n) is 14.9. The number of esters is 2. The molecule has 30 heavy (non-hydrogen) atoms. The van der Waals surface area contributed by atoms with Crippen LogP contribution in [0.5, 0.6) is 0 Å². The highest BCUT2D eigenvalue weighted by molar-refractivity contribution is 5.97. The molecule has 2 rings (SSSR count). The van der Waals surface area contributed by atoms with Crippen LogP contribution in [0.1, 0.15) is 20.7 Å². The summed E-state index contributed by atoms with van der Waals surface area (Å²) in [7, 11) is 0.885. The molecule has 0 aliphatic carbocycles. The zero-order valence-corrected chi connectivity index (χ0v) is 14.9. The van der Waals surface area contributed by atoms with E-state index in [0.29, 0.717) is 24.3 Å². The fourth-order valence-electron chi connectivity index (χ4n) is 2.17. The van der Waals surface area contributed by atoms with Crippen LogP contribution >= 0.6 is 0 Å². The maximum Gasteiger partial charge on any atom is 0.341 e. The largest absolute Gasteiger partial charge is 0.467 e. The normalized spacial score (nSPS) is 11.6. The van der Waals surface area contributed by atoms with E-state index < -0.39 is 76.5 Å². The van der Waals surface area contributed by atoms with Crippen molar-refractivity contribution in [3.05, 3.63) is 70.3 Å². The first-order valence-electron chi connectivity index (χ1n) is 7.91. The predicted octanol–water partition coefficient (Wildman–Crippen LogP) is 2.65. The van der Waals surface area contributed by atoms with Crippen molar-refractivity contribution in [2.45, 2.75) is 6.04 Å². The number of amides is 1. The molecule has 0 saturated heterocycles. The number of hydrogen-bond acceptors (Lipinski definition) is 5. The average molecular weight is 435 g/mol. The fourth-order valence-corrected chi connectivity index (χ4v) is 2.17. The summed E-state index contributed by atoms with van der Waals surface area (Å²) in [6.07, 6.45) is 0. The molecule has 0 spiro atoms. The molecule has 0 aromatic heterocycles. The molecule has 12 heteroatoms. The minimum atomic E-state index is -1.93. The van der Waals surface area contributed by atoms with Gasteiger partial charge in [-0.3, -0.25) is 4.79 Å². The van der Waals surface area contributed by atoms with Gasteiger partial charge in [-0.05, 0) is 24.3 Å². The molecule has 0 radical (unpaired) electrons. The number of rotatable bonds is 6. The van der Waals surface area contributed by atoms with Crippen molar-refractivity contribution in [3.8, 4) is 0 Å². The van der Waals surface area contributed by atoms with Crippen LogP contribution in [0.4, 0.5) is 26.3 Å². The van der Waals surface area contributed by atoms with Crippen molar-refractivity contribution in [2.75, 3.05) is 13.7 Å². The van der Waals surface area contributed by atoms with Crippen molar-refractivity contribution in [1.29, 1.82) is 0 Å². The zero-order chi connectivity index (χ0) is 22.6. The van der Waals surface area contributed by atoms with Crippen molar-refractivity contribution >= 4 is 17.8 Å². The second-order valence-electron chi connectivity index (χ2n) is 5.59. The molecule has 0 fully saturated rings. The molecule has 2 aromatic carbocycles. The monoisotopic (exact) mass is 435 g/mol. The Morgan fingerprint density at radius 3 is 1.87 bits per heavy atom. The second kappa shape index (κ2) is 9.29. The molecule has 0 aliphatic rings. The summed E-state index contributed by atoms with van der Waals surface area (Å²) in [5.74, 6) is -14.8. The summed E-state index contributed by atoms with van der Waals surface area (Å²) in [5, 5.41) is 1.87. The van der Waals surface area contributed by atoms with Crippen LogP contribution < -0.4 is 5.32 Å². The van der Waals surface area contributed by atoms with E-state index in [1.807, 2.05) is 5.32 Å². The van der Waals surface area contributed by atoms with E-state index >= 15 is 0 Å². The van der Waals surface area contributed by atoms with Crippen LogP contribution in [0.15, 0.2) is 24.3 Å². The van der Waals surface area contributed by atoms with Gasteiger partial charge in [-0.15, -0.1) is 0 Å². The summed E-state index contributed by atoms with van der Waals surface area (Å²) in [6, 6.07) is 0.318. The van der Waals surface area contributed by atoms with Crippen LogP contribution in [0.25, 0.3) is 0 Å². The van der Waals surface area contributed by atoms with Gasteiger partial charge in [0, 0.05) is 0 Å². The smallest absolute Gasteiger partial charge is 0.341 e. The second-order valence-corrected chi connectivity index (χ2v) is 5.59. The van der Waals surface area contributed by atoms with Gasteiger partial charge in [0.25, 0.3) is 5.91 Å². The molecule has 1 atom stereocenters. The van der Waals surface area contributed by atoms with E-state index in [-0.39, 0.29) is 0 Å². The van der Waals surface area contributed by atoms with E-state index in [4.69, 9.17) is 0 Å². The Hall–Kier alpha value is -3.57. The van der Waals surface area contributed by atoms with Crippen LogP contribution in [-0.4, -0.2) is 37.6 Å². The number of methoxy groups -OCH3 is 1. The summed E-state index contributed by atoms with van der Waals surface area (Å²) in [4.78, 5) is 35.7. The molecule has 2 aromatic rings. The summed E-state index contributed by atoms with van der Waals surface area (Å²) in [5.41, 5.74) is -1.98. The molecule has 1 N–H and O–H groups in total. The standard InChI is InChI=1S/C18H11F6NO5/c1-29-18(28)11(25-16(26)7-2-4-9(19)14(23)12(7)21)6-30-17(27)8-3-5-10(20)15(24)13(8)22/h2-5,11H,6H2,1H3,(H,25,26). The third kappa shape index (κ3) is 4.70. The molecule has 0 heterocycles. The highest BCUT2D eigenvalue weighted by atomic mass is 19.2. The Labute approximate surface area is 164 Å². The lowest BCUT2D eigenvalue weighted by Gasteiger charge is -2.17. The van der Waals surface area contributed by atoms with Gasteiger partial charge in [0.2, 0.25) is 0 Å². The summed E-state index contributed by atoms with van der Waals surface area (Å²) in [6.45, 7) is -0.999. The maximum atomic E-state index is 13.7. The van der Waals surface area contributed by atoms with Crippen molar-refractivity contribution in [1.82, 2.24) is 5.32 Å². The molecule has 1 amide bonds. The quantitative estimate of drug-likeness (QED) is 0.429. The Kier molecular flexibility index (Phi) is 7.03. The number of carbonyl (C=O) groups is 3. The molecule has 0 aliphatic heterocycles. The number of hydrogen-bond donors (Lipinski definition) is 1. The van der Waals surface area contributed by atoms with E-state index in [1.165, 1.54) is 0 Å². The lowest BCUT2D eigenvalue weighted by atomic mass is 10.1.